The second-order valence-corrected chi connectivity index (χ2v) is 12.9. The van der Waals surface area contributed by atoms with Crippen LogP contribution in [0.4, 0.5) is 0 Å². The zero-order valence-electron chi connectivity index (χ0n) is 24.4. The molecule has 0 aliphatic rings. The molecular weight excluding hydrogens is 502 g/mol. The van der Waals surface area contributed by atoms with Crippen molar-refractivity contribution >= 4 is 64.1 Å². The third-order valence-corrected chi connectivity index (χ3v) is 10.2. The summed E-state index contributed by atoms with van der Waals surface area (Å²) in [4.78, 5) is 0. The summed E-state index contributed by atoms with van der Waals surface area (Å²) in [6, 6.07) is 27.4. The lowest BCUT2D eigenvalue weighted by Gasteiger charge is -2.10. The van der Waals surface area contributed by atoms with Gasteiger partial charge in [-0.25, -0.2) is 0 Å². The van der Waals surface area contributed by atoms with Gasteiger partial charge in [0.05, 0.1) is 5.52 Å². The van der Waals surface area contributed by atoms with Crippen LogP contribution in [0.15, 0.2) is 72.8 Å². The molecule has 4 aromatic carbocycles. The third kappa shape index (κ3) is 5.66. The quantitative estimate of drug-likeness (QED) is 0.113. The fourth-order valence-electron chi connectivity index (χ4n) is 6.83. The lowest BCUT2D eigenvalue weighted by Crippen LogP contribution is -1.98. The molecule has 0 unspecified atom stereocenters. The van der Waals surface area contributed by atoms with Crippen LogP contribution >= 0.6 is 11.3 Å². The molecule has 0 atom stereocenters. The summed E-state index contributed by atoms with van der Waals surface area (Å²) in [5.74, 6) is 0. The van der Waals surface area contributed by atoms with Gasteiger partial charge in [0.1, 0.15) is 0 Å². The number of benzene rings is 4. The molecule has 0 bridgehead atoms. The minimum Gasteiger partial charge on any atom is -0.340 e. The zero-order chi connectivity index (χ0) is 27.1. The number of thiophene rings is 1. The summed E-state index contributed by atoms with van der Waals surface area (Å²) >= 11 is 1.94. The Labute approximate surface area is 244 Å². The standard InChI is InChI=1S/C38H45NS/c1-2-3-4-5-6-7-8-9-10-11-12-13-14-19-28-39-35-22-17-15-20-29(35)31-24-27-34-32(37(31)39)25-26-33-30-21-16-18-23-36(30)40-38(33)34/h15-18,20-27H,2-14,19,28H2,1H3. The van der Waals surface area contributed by atoms with E-state index in [1.165, 1.54) is 143 Å². The van der Waals surface area contributed by atoms with Gasteiger partial charge in [0.25, 0.3) is 0 Å². The van der Waals surface area contributed by atoms with Crippen LogP contribution in [0.1, 0.15) is 96.8 Å². The van der Waals surface area contributed by atoms with E-state index in [0.29, 0.717) is 0 Å². The number of unbranched alkanes of at least 4 members (excludes halogenated alkanes) is 13. The molecule has 2 heterocycles. The molecule has 2 heteroatoms. The first kappa shape index (κ1) is 27.3. The Balaban J connectivity index is 1.11. The Morgan fingerprint density at radius 2 is 0.975 bits per heavy atom. The number of aryl methyl sites for hydroxylation is 1. The normalized spacial score (nSPS) is 12.1. The molecule has 0 saturated carbocycles. The van der Waals surface area contributed by atoms with Gasteiger partial charge in [0.15, 0.2) is 0 Å². The van der Waals surface area contributed by atoms with E-state index in [2.05, 4.69) is 84.3 Å². The molecule has 0 amide bonds. The van der Waals surface area contributed by atoms with Crippen molar-refractivity contribution < 1.29 is 0 Å². The second-order valence-electron chi connectivity index (χ2n) is 11.9. The Hall–Kier alpha value is -2.84. The maximum Gasteiger partial charge on any atom is 0.0571 e. The first-order valence-corrected chi connectivity index (χ1v) is 16.9. The van der Waals surface area contributed by atoms with Gasteiger partial charge in [-0.2, -0.15) is 0 Å². The number of hydrogen-bond donors (Lipinski definition) is 0. The van der Waals surface area contributed by atoms with Crippen molar-refractivity contribution in [3.05, 3.63) is 72.8 Å². The van der Waals surface area contributed by atoms with Gasteiger partial charge in [-0.05, 0) is 18.6 Å². The van der Waals surface area contributed by atoms with E-state index in [1.54, 1.807) is 0 Å². The van der Waals surface area contributed by atoms with Crippen molar-refractivity contribution in [2.24, 2.45) is 0 Å². The van der Waals surface area contributed by atoms with Crippen LogP contribution < -0.4 is 0 Å². The molecule has 0 N–H and O–H groups in total. The third-order valence-electron chi connectivity index (χ3n) is 9.00. The van der Waals surface area contributed by atoms with Gasteiger partial charge in [-0.1, -0.05) is 151 Å². The summed E-state index contributed by atoms with van der Waals surface area (Å²) in [5.41, 5.74) is 2.81. The highest BCUT2D eigenvalue weighted by atomic mass is 32.1. The van der Waals surface area contributed by atoms with Crippen LogP contribution in [-0.2, 0) is 6.54 Å². The molecule has 0 aliphatic heterocycles. The topological polar surface area (TPSA) is 4.93 Å². The van der Waals surface area contributed by atoms with E-state index in [4.69, 9.17) is 0 Å². The van der Waals surface area contributed by atoms with Crippen LogP contribution in [0.25, 0.3) is 52.8 Å². The molecule has 0 spiro atoms. The average Bonchev–Trinajstić information content (AvgIpc) is 3.53. The van der Waals surface area contributed by atoms with Crippen molar-refractivity contribution in [2.75, 3.05) is 0 Å². The number of hydrogen-bond acceptors (Lipinski definition) is 1. The molecule has 1 nitrogen and oxygen atoms in total. The molecule has 0 aliphatic carbocycles. The summed E-state index contributed by atoms with van der Waals surface area (Å²) in [5, 5.41) is 8.36. The maximum absolute atomic E-state index is 2.63. The fourth-order valence-corrected chi connectivity index (χ4v) is 8.06. The highest BCUT2D eigenvalue weighted by molar-refractivity contribution is 7.26. The summed E-state index contributed by atoms with van der Waals surface area (Å²) in [6.45, 7) is 3.40. The summed E-state index contributed by atoms with van der Waals surface area (Å²) < 4.78 is 5.44. The molecule has 6 aromatic rings. The zero-order valence-corrected chi connectivity index (χ0v) is 25.2. The van der Waals surface area contributed by atoms with E-state index in [1.807, 2.05) is 11.3 Å². The smallest absolute Gasteiger partial charge is 0.0571 e. The number of nitrogens with zero attached hydrogens (tertiary/aromatic N) is 1. The van der Waals surface area contributed by atoms with Gasteiger partial charge >= 0.3 is 0 Å². The van der Waals surface area contributed by atoms with Gasteiger partial charge in [0, 0.05) is 53.8 Å². The molecule has 0 fully saturated rings. The first-order chi connectivity index (χ1) is 19.9. The number of aromatic nitrogens is 1. The van der Waals surface area contributed by atoms with Crippen LogP contribution in [-0.4, -0.2) is 4.57 Å². The highest BCUT2D eigenvalue weighted by Crippen LogP contribution is 2.42. The van der Waals surface area contributed by atoms with Crippen molar-refractivity contribution in [1.82, 2.24) is 4.57 Å². The lowest BCUT2D eigenvalue weighted by atomic mass is 10.0. The van der Waals surface area contributed by atoms with Crippen LogP contribution in [0.3, 0.4) is 0 Å². The molecular formula is C38H45NS. The average molecular weight is 548 g/mol. The summed E-state index contributed by atoms with van der Waals surface area (Å²) in [7, 11) is 0. The van der Waals surface area contributed by atoms with E-state index in [-0.39, 0.29) is 0 Å². The monoisotopic (exact) mass is 547 g/mol. The maximum atomic E-state index is 2.63. The largest absolute Gasteiger partial charge is 0.340 e. The molecule has 6 rings (SSSR count). The van der Waals surface area contributed by atoms with Crippen molar-refractivity contribution in [3.63, 3.8) is 0 Å². The fraction of sp³-hybridized carbons (Fsp3) is 0.421. The number of para-hydroxylation sites is 1. The van der Waals surface area contributed by atoms with Crippen LogP contribution in [0, 0.1) is 0 Å². The molecule has 0 saturated heterocycles. The second kappa shape index (κ2) is 13.2. The van der Waals surface area contributed by atoms with Gasteiger partial charge in [0.2, 0.25) is 0 Å². The molecule has 40 heavy (non-hydrogen) atoms. The van der Waals surface area contributed by atoms with Crippen LogP contribution in [0.2, 0.25) is 0 Å². The van der Waals surface area contributed by atoms with E-state index < -0.39 is 0 Å². The first-order valence-electron chi connectivity index (χ1n) is 16.1. The molecule has 0 radical (unpaired) electrons. The molecule has 2 aromatic heterocycles. The van der Waals surface area contributed by atoms with E-state index in [9.17, 15) is 0 Å². The Morgan fingerprint density at radius 3 is 1.65 bits per heavy atom. The van der Waals surface area contributed by atoms with Gasteiger partial charge in [-0.15, -0.1) is 11.3 Å². The van der Waals surface area contributed by atoms with Crippen molar-refractivity contribution in [2.45, 2.75) is 103 Å². The lowest BCUT2D eigenvalue weighted by molar-refractivity contribution is 0.528. The Bertz CT molecular complexity index is 1700. The minimum absolute atomic E-state index is 1.10. The van der Waals surface area contributed by atoms with E-state index in [0.717, 1.165) is 6.54 Å². The minimum atomic E-state index is 1.10. The predicted molar refractivity (Wildman–Crippen MR) is 180 cm³/mol. The van der Waals surface area contributed by atoms with E-state index >= 15 is 0 Å². The van der Waals surface area contributed by atoms with Gasteiger partial charge in [-0.3, -0.25) is 0 Å². The number of rotatable bonds is 15. The highest BCUT2D eigenvalue weighted by Gasteiger charge is 2.16. The SMILES string of the molecule is CCCCCCCCCCCCCCCCn1c2ccccc2c2ccc3c(ccc4c5ccccc5sc43)c21. The van der Waals surface area contributed by atoms with Gasteiger partial charge < -0.3 is 4.57 Å². The Morgan fingerprint density at radius 1 is 0.475 bits per heavy atom. The summed E-state index contributed by atoms with van der Waals surface area (Å²) in [6.07, 6.45) is 19.7. The predicted octanol–water partition coefficient (Wildman–Crippen LogP) is 12.8. The number of fused-ring (bicyclic) bond motifs is 9. The Kier molecular flexibility index (Phi) is 9.03. The van der Waals surface area contributed by atoms with Crippen molar-refractivity contribution in [1.29, 1.82) is 0 Å². The van der Waals surface area contributed by atoms with Crippen molar-refractivity contribution in [3.8, 4) is 0 Å². The molecule has 208 valence electrons. The van der Waals surface area contributed by atoms with Crippen LogP contribution in [0.5, 0.6) is 0 Å².